The van der Waals surface area contributed by atoms with Gasteiger partial charge in [0, 0.05) is 13.6 Å². The quantitative estimate of drug-likeness (QED) is 0.793. The minimum absolute atomic E-state index is 0.111. The highest BCUT2D eigenvalue weighted by Crippen LogP contribution is 2.14. The summed E-state index contributed by atoms with van der Waals surface area (Å²) in [7, 11) is 1.57. The zero-order valence-corrected chi connectivity index (χ0v) is 15.6. The molecular weight excluding hydrogens is 328 g/mol. The van der Waals surface area contributed by atoms with Crippen LogP contribution in [0.25, 0.3) is 0 Å². The normalized spacial score (nSPS) is 11.5. The molecule has 0 saturated heterocycles. The average Bonchev–Trinajstić information content (AvgIpc) is 2.70. The van der Waals surface area contributed by atoms with E-state index in [1.54, 1.807) is 14.0 Å². The van der Waals surface area contributed by atoms with Crippen molar-refractivity contribution in [2.24, 2.45) is 0 Å². The summed E-state index contributed by atoms with van der Waals surface area (Å²) in [5.74, 6) is 0.203. The summed E-state index contributed by atoms with van der Waals surface area (Å²) >= 11 is 0. The molecule has 138 valence electrons. The molecule has 1 N–H and O–H groups in total. The number of nitrogens with zero attached hydrogens (tertiary/aromatic N) is 1. The first-order valence-electron chi connectivity index (χ1n) is 8.81. The number of likely N-dealkylation sites (N-methyl/N-ethyl adjacent to an activating group) is 1. The number of hydrogen-bond acceptors (Lipinski definition) is 3. The van der Waals surface area contributed by atoms with Crippen molar-refractivity contribution in [3.63, 3.8) is 0 Å². The average molecular weight is 354 g/mol. The first kappa shape index (κ1) is 19.5. The Morgan fingerprint density at radius 3 is 2.27 bits per heavy atom. The molecule has 0 fully saturated rings. The second-order valence-electron chi connectivity index (χ2n) is 6.08. The van der Waals surface area contributed by atoms with Crippen LogP contribution in [0.2, 0.25) is 0 Å². The molecule has 0 aliphatic carbocycles. The highest BCUT2D eigenvalue weighted by atomic mass is 16.5. The lowest BCUT2D eigenvalue weighted by molar-refractivity contribution is -0.142. The molecule has 0 aliphatic heterocycles. The fourth-order valence-electron chi connectivity index (χ4n) is 2.62. The standard InChI is InChI=1S/C21H26N2O3/c1-4-17-10-12-19(13-11-17)26-15-20(24)23(16(2)21(25)22-3)14-18-8-6-5-7-9-18/h5-13,16H,4,14-15H2,1-3H3,(H,22,25)/t16-/m0/s1. The van der Waals surface area contributed by atoms with Gasteiger partial charge in [-0.05, 0) is 36.6 Å². The highest BCUT2D eigenvalue weighted by Gasteiger charge is 2.25. The monoisotopic (exact) mass is 354 g/mol. The fraction of sp³-hybridized carbons (Fsp3) is 0.333. The Balaban J connectivity index is 2.07. The Labute approximate surface area is 155 Å². The smallest absolute Gasteiger partial charge is 0.261 e. The van der Waals surface area contributed by atoms with E-state index in [-0.39, 0.29) is 18.4 Å². The molecule has 2 amide bonds. The molecule has 1 atom stereocenters. The van der Waals surface area contributed by atoms with Crippen molar-refractivity contribution in [2.45, 2.75) is 32.9 Å². The van der Waals surface area contributed by atoms with Crippen LogP contribution in [-0.2, 0) is 22.6 Å². The molecule has 5 heteroatoms. The van der Waals surface area contributed by atoms with Crippen LogP contribution in [0.1, 0.15) is 25.0 Å². The van der Waals surface area contributed by atoms with E-state index in [2.05, 4.69) is 12.2 Å². The number of hydrogen-bond donors (Lipinski definition) is 1. The molecule has 2 aromatic rings. The lowest BCUT2D eigenvalue weighted by atomic mass is 10.1. The van der Waals surface area contributed by atoms with Gasteiger partial charge in [-0.15, -0.1) is 0 Å². The van der Waals surface area contributed by atoms with Gasteiger partial charge in [0.25, 0.3) is 5.91 Å². The summed E-state index contributed by atoms with van der Waals surface area (Å²) in [5.41, 5.74) is 2.17. The van der Waals surface area contributed by atoms with E-state index in [0.717, 1.165) is 12.0 Å². The van der Waals surface area contributed by atoms with Crippen molar-refractivity contribution in [1.82, 2.24) is 10.2 Å². The maximum Gasteiger partial charge on any atom is 0.261 e. The van der Waals surface area contributed by atoms with Crippen LogP contribution >= 0.6 is 0 Å². The number of ether oxygens (including phenoxy) is 1. The molecule has 0 radical (unpaired) electrons. The number of amides is 2. The van der Waals surface area contributed by atoms with Crippen LogP contribution in [0, 0.1) is 0 Å². The Morgan fingerprint density at radius 1 is 1.04 bits per heavy atom. The maximum absolute atomic E-state index is 12.7. The lowest BCUT2D eigenvalue weighted by Crippen LogP contribution is -2.48. The zero-order valence-electron chi connectivity index (χ0n) is 15.6. The zero-order chi connectivity index (χ0) is 18.9. The van der Waals surface area contributed by atoms with E-state index in [0.29, 0.717) is 12.3 Å². The molecule has 0 bridgehead atoms. The second kappa shape index (κ2) is 9.61. The van der Waals surface area contributed by atoms with Crippen LogP contribution in [0.4, 0.5) is 0 Å². The minimum Gasteiger partial charge on any atom is -0.484 e. The van der Waals surface area contributed by atoms with Crippen LogP contribution in [0.3, 0.4) is 0 Å². The summed E-state index contributed by atoms with van der Waals surface area (Å²) in [6.07, 6.45) is 0.952. The molecule has 0 aliphatic rings. The number of benzene rings is 2. The third-order valence-corrected chi connectivity index (χ3v) is 4.30. The highest BCUT2D eigenvalue weighted by molar-refractivity contribution is 5.87. The predicted molar refractivity (Wildman–Crippen MR) is 102 cm³/mol. The lowest BCUT2D eigenvalue weighted by Gasteiger charge is -2.28. The van der Waals surface area contributed by atoms with Gasteiger partial charge in [-0.25, -0.2) is 0 Å². The number of carbonyl (C=O) groups is 2. The van der Waals surface area contributed by atoms with Crippen molar-refractivity contribution in [1.29, 1.82) is 0 Å². The summed E-state index contributed by atoms with van der Waals surface area (Å²) < 4.78 is 5.63. The van der Waals surface area contributed by atoms with Crippen molar-refractivity contribution < 1.29 is 14.3 Å². The van der Waals surface area contributed by atoms with Crippen molar-refractivity contribution in [3.8, 4) is 5.75 Å². The SMILES string of the molecule is CCc1ccc(OCC(=O)N(Cc2ccccc2)[C@@H](C)C(=O)NC)cc1. The molecule has 0 aromatic heterocycles. The Bertz CT molecular complexity index is 714. The van der Waals surface area contributed by atoms with E-state index >= 15 is 0 Å². The molecule has 0 unspecified atom stereocenters. The molecule has 2 aromatic carbocycles. The Morgan fingerprint density at radius 2 is 1.69 bits per heavy atom. The summed E-state index contributed by atoms with van der Waals surface area (Å²) in [6, 6.07) is 16.7. The van der Waals surface area contributed by atoms with Gasteiger partial charge in [-0.2, -0.15) is 0 Å². The summed E-state index contributed by atoms with van der Waals surface area (Å²) in [5, 5.41) is 2.60. The Hall–Kier alpha value is -2.82. The molecule has 0 saturated carbocycles. The largest absolute Gasteiger partial charge is 0.484 e. The topological polar surface area (TPSA) is 58.6 Å². The van der Waals surface area contributed by atoms with Crippen molar-refractivity contribution in [3.05, 3.63) is 65.7 Å². The van der Waals surface area contributed by atoms with Gasteiger partial charge in [0.05, 0.1) is 0 Å². The fourth-order valence-corrected chi connectivity index (χ4v) is 2.62. The molecular formula is C21H26N2O3. The van der Waals surface area contributed by atoms with Gasteiger partial charge < -0.3 is 15.0 Å². The Kier molecular flexibility index (Phi) is 7.21. The number of rotatable bonds is 8. The van der Waals surface area contributed by atoms with E-state index in [4.69, 9.17) is 4.74 Å². The maximum atomic E-state index is 12.7. The number of nitrogens with one attached hydrogen (secondary N) is 1. The van der Waals surface area contributed by atoms with Gasteiger partial charge >= 0.3 is 0 Å². The number of carbonyl (C=O) groups excluding carboxylic acids is 2. The van der Waals surface area contributed by atoms with Gasteiger partial charge in [0.1, 0.15) is 11.8 Å². The third-order valence-electron chi connectivity index (χ3n) is 4.30. The molecule has 5 nitrogen and oxygen atoms in total. The van der Waals surface area contributed by atoms with E-state index in [1.807, 2.05) is 54.6 Å². The molecule has 0 spiro atoms. The first-order valence-corrected chi connectivity index (χ1v) is 8.81. The second-order valence-corrected chi connectivity index (χ2v) is 6.08. The molecule has 0 heterocycles. The summed E-state index contributed by atoms with van der Waals surface area (Å²) in [4.78, 5) is 26.3. The van der Waals surface area contributed by atoms with Crippen LogP contribution in [0.5, 0.6) is 5.75 Å². The van der Waals surface area contributed by atoms with E-state index in [9.17, 15) is 9.59 Å². The van der Waals surface area contributed by atoms with Gasteiger partial charge in [-0.3, -0.25) is 9.59 Å². The van der Waals surface area contributed by atoms with Gasteiger partial charge in [-0.1, -0.05) is 49.4 Å². The molecule has 26 heavy (non-hydrogen) atoms. The van der Waals surface area contributed by atoms with E-state index in [1.165, 1.54) is 10.5 Å². The summed E-state index contributed by atoms with van der Waals surface area (Å²) in [6.45, 7) is 4.04. The van der Waals surface area contributed by atoms with Gasteiger partial charge in [0.15, 0.2) is 6.61 Å². The van der Waals surface area contributed by atoms with Crippen LogP contribution < -0.4 is 10.1 Å². The van der Waals surface area contributed by atoms with Crippen molar-refractivity contribution in [2.75, 3.05) is 13.7 Å². The van der Waals surface area contributed by atoms with Gasteiger partial charge in [0.2, 0.25) is 5.91 Å². The molecule has 2 rings (SSSR count). The first-order chi connectivity index (χ1) is 12.5. The third kappa shape index (κ3) is 5.34. The van der Waals surface area contributed by atoms with Crippen LogP contribution in [0.15, 0.2) is 54.6 Å². The van der Waals surface area contributed by atoms with E-state index < -0.39 is 6.04 Å². The minimum atomic E-state index is -0.584. The van der Waals surface area contributed by atoms with Crippen molar-refractivity contribution >= 4 is 11.8 Å². The van der Waals surface area contributed by atoms with Crippen LogP contribution in [-0.4, -0.2) is 36.4 Å². The predicted octanol–water partition coefficient (Wildman–Crippen LogP) is 2.79. The number of aryl methyl sites for hydroxylation is 1.